The first kappa shape index (κ1) is 16.4. The number of nitrogens with two attached hydrogens (primary N) is 1. The fourth-order valence-electron chi connectivity index (χ4n) is 2.79. The Morgan fingerprint density at radius 3 is 2.54 bits per heavy atom. The van der Waals surface area contributed by atoms with Gasteiger partial charge in [-0.25, -0.2) is 17.2 Å². The van der Waals surface area contributed by atoms with Gasteiger partial charge in [-0.15, -0.1) is 0 Å². The van der Waals surface area contributed by atoms with Gasteiger partial charge in [0.1, 0.15) is 0 Å². The third-order valence-electron chi connectivity index (χ3n) is 3.99. The lowest BCUT2D eigenvalue weighted by atomic mass is 9.97. The van der Waals surface area contributed by atoms with Crippen LogP contribution in [-0.2, 0) is 25.1 Å². The van der Waals surface area contributed by atoms with E-state index in [-0.39, 0.29) is 0 Å². The first-order chi connectivity index (χ1) is 11.2. The van der Waals surface area contributed by atoms with Gasteiger partial charge in [-0.1, -0.05) is 18.2 Å². The fraction of sp³-hybridized carbons (Fsp3) is 0.250. The van der Waals surface area contributed by atoms with Crippen LogP contribution in [0, 0.1) is 0 Å². The van der Waals surface area contributed by atoms with Gasteiger partial charge in [-0.2, -0.15) is 0 Å². The van der Waals surface area contributed by atoms with Crippen LogP contribution in [0.25, 0.3) is 21.8 Å². The fourth-order valence-corrected chi connectivity index (χ4v) is 3.81. The highest BCUT2D eigenvalue weighted by atomic mass is 32.2. The van der Waals surface area contributed by atoms with Crippen molar-refractivity contribution in [3.63, 3.8) is 0 Å². The Morgan fingerprint density at radius 2 is 1.92 bits per heavy atom. The smallest absolute Gasteiger partial charge is 0.331 e. The van der Waals surface area contributed by atoms with Crippen LogP contribution in [0.3, 0.4) is 0 Å². The zero-order valence-electron chi connectivity index (χ0n) is 13.5. The van der Waals surface area contributed by atoms with E-state index < -0.39 is 21.5 Å². The van der Waals surface area contributed by atoms with Crippen LogP contribution in [0.1, 0.15) is 12.6 Å². The van der Waals surface area contributed by atoms with E-state index in [1.54, 1.807) is 18.2 Å². The number of aromatic nitrogens is 2. The van der Waals surface area contributed by atoms with Crippen LogP contribution < -0.4 is 5.73 Å². The van der Waals surface area contributed by atoms with Crippen molar-refractivity contribution < 1.29 is 17.9 Å². The molecule has 0 spiro atoms. The highest BCUT2D eigenvalue weighted by Gasteiger charge is 2.34. The standard InChI is InChI=1S/C16H17N3O4S/c1-16(17,15(20)23-2)14-8-11-10-6-4-5-7-12(10)19(24(3,21)22)13(11)9-18-14/h4-9H,17H2,1-3H3. The monoisotopic (exact) mass is 347 g/mol. The van der Waals surface area contributed by atoms with E-state index in [9.17, 15) is 13.2 Å². The molecule has 0 amide bonds. The number of nitrogens with zero attached hydrogens (tertiary/aromatic N) is 2. The van der Waals surface area contributed by atoms with Gasteiger partial charge in [-0.3, -0.25) is 4.98 Å². The predicted octanol–water partition coefficient (Wildman–Crippen LogP) is 1.34. The van der Waals surface area contributed by atoms with Gasteiger partial charge in [-0.05, 0) is 19.1 Å². The van der Waals surface area contributed by atoms with Crippen molar-refractivity contribution >= 4 is 37.8 Å². The highest BCUT2D eigenvalue weighted by Crippen LogP contribution is 2.31. The molecule has 0 fully saturated rings. The molecule has 3 aromatic rings. The summed E-state index contributed by atoms with van der Waals surface area (Å²) < 4.78 is 30.3. The van der Waals surface area contributed by atoms with Gasteiger partial charge in [0.15, 0.2) is 5.54 Å². The van der Waals surface area contributed by atoms with Crippen LogP contribution in [0.4, 0.5) is 0 Å². The number of fused-ring (bicyclic) bond motifs is 3. The number of benzene rings is 1. The number of hydrogen-bond donors (Lipinski definition) is 1. The number of para-hydroxylation sites is 1. The molecule has 7 nitrogen and oxygen atoms in total. The van der Waals surface area contributed by atoms with Crippen molar-refractivity contribution in [2.45, 2.75) is 12.5 Å². The van der Waals surface area contributed by atoms with E-state index in [0.717, 1.165) is 11.6 Å². The SMILES string of the molecule is COC(=O)C(C)(N)c1cc2c3ccccc3n(S(C)(=O)=O)c2cn1. The van der Waals surface area contributed by atoms with Gasteiger partial charge in [0.05, 0.1) is 36.3 Å². The first-order valence-electron chi connectivity index (χ1n) is 7.15. The van der Waals surface area contributed by atoms with Crippen molar-refractivity contribution in [1.29, 1.82) is 0 Å². The number of carbonyl (C=O) groups is 1. The van der Waals surface area contributed by atoms with Crippen molar-refractivity contribution in [1.82, 2.24) is 8.96 Å². The summed E-state index contributed by atoms with van der Waals surface area (Å²) in [6.45, 7) is 1.50. The number of ether oxygens (including phenoxy) is 1. The predicted molar refractivity (Wildman–Crippen MR) is 91.0 cm³/mol. The van der Waals surface area contributed by atoms with E-state index in [4.69, 9.17) is 10.5 Å². The lowest BCUT2D eigenvalue weighted by Gasteiger charge is -2.20. The maximum Gasteiger partial charge on any atom is 0.331 e. The van der Waals surface area contributed by atoms with Crippen molar-refractivity contribution in [2.24, 2.45) is 5.73 Å². The second-order valence-corrected chi connectivity index (χ2v) is 7.66. The number of methoxy groups -OCH3 is 1. The molecular weight excluding hydrogens is 330 g/mol. The molecule has 0 aliphatic carbocycles. The van der Waals surface area contributed by atoms with Crippen molar-refractivity contribution in [3.8, 4) is 0 Å². The molecule has 1 aromatic carbocycles. The van der Waals surface area contributed by atoms with Gasteiger partial charge < -0.3 is 10.5 Å². The minimum absolute atomic E-state index is 0.304. The molecule has 0 radical (unpaired) electrons. The molecule has 0 aliphatic heterocycles. The molecule has 2 N–H and O–H groups in total. The van der Waals surface area contributed by atoms with Gasteiger partial charge >= 0.3 is 5.97 Å². The number of rotatable bonds is 3. The largest absolute Gasteiger partial charge is 0.467 e. The summed E-state index contributed by atoms with van der Waals surface area (Å²) in [6.07, 6.45) is 2.55. The quantitative estimate of drug-likeness (QED) is 0.717. The zero-order chi connectivity index (χ0) is 17.7. The Morgan fingerprint density at radius 1 is 1.25 bits per heavy atom. The van der Waals surface area contributed by atoms with E-state index in [1.807, 2.05) is 12.1 Å². The Kier molecular flexibility index (Phi) is 3.61. The number of pyridine rings is 1. The summed E-state index contributed by atoms with van der Waals surface area (Å²) >= 11 is 0. The summed E-state index contributed by atoms with van der Waals surface area (Å²) in [6, 6.07) is 8.75. The molecule has 0 saturated carbocycles. The van der Waals surface area contributed by atoms with Gasteiger partial charge in [0, 0.05) is 10.8 Å². The summed E-state index contributed by atoms with van der Waals surface area (Å²) in [5.74, 6) is -0.624. The third kappa shape index (κ3) is 2.35. The lowest BCUT2D eigenvalue weighted by Crippen LogP contribution is -2.43. The van der Waals surface area contributed by atoms with Crippen LogP contribution in [0.2, 0.25) is 0 Å². The molecule has 2 heterocycles. The number of esters is 1. The van der Waals surface area contributed by atoms with E-state index >= 15 is 0 Å². The minimum atomic E-state index is -3.53. The molecule has 1 unspecified atom stereocenters. The molecule has 1 atom stereocenters. The van der Waals surface area contributed by atoms with Gasteiger partial charge in [0.2, 0.25) is 10.0 Å². The lowest BCUT2D eigenvalue weighted by molar-refractivity contribution is -0.146. The molecule has 24 heavy (non-hydrogen) atoms. The highest BCUT2D eigenvalue weighted by molar-refractivity contribution is 7.89. The normalized spacial score (nSPS) is 14.7. The second kappa shape index (κ2) is 5.29. The second-order valence-electron chi connectivity index (χ2n) is 5.83. The Bertz CT molecular complexity index is 1070. The molecule has 8 heteroatoms. The van der Waals surface area contributed by atoms with E-state index in [2.05, 4.69) is 4.98 Å². The first-order valence-corrected chi connectivity index (χ1v) is 9.00. The summed E-state index contributed by atoms with van der Waals surface area (Å²) in [5.41, 5.74) is 5.91. The maximum absolute atomic E-state index is 12.2. The van der Waals surface area contributed by atoms with Crippen LogP contribution >= 0.6 is 0 Å². The van der Waals surface area contributed by atoms with Crippen molar-refractivity contribution in [2.75, 3.05) is 13.4 Å². The van der Waals surface area contributed by atoms with Crippen LogP contribution in [0.15, 0.2) is 36.5 Å². The Balaban J connectivity index is 2.41. The molecule has 0 saturated heterocycles. The Labute approximate surface area is 139 Å². The van der Waals surface area contributed by atoms with E-state index in [1.165, 1.54) is 24.2 Å². The van der Waals surface area contributed by atoms with Gasteiger partial charge in [0.25, 0.3) is 0 Å². The Hall–Kier alpha value is -2.45. The maximum atomic E-state index is 12.2. The summed E-state index contributed by atoms with van der Waals surface area (Å²) in [7, 11) is -2.28. The average Bonchev–Trinajstić information content (AvgIpc) is 2.87. The molecule has 0 aliphatic rings. The molecular formula is C16H17N3O4S. The van der Waals surface area contributed by atoms with Crippen LogP contribution in [0.5, 0.6) is 0 Å². The zero-order valence-corrected chi connectivity index (χ0v) is 14.3. The minimum Gasteiger partial charge on any atom is -0.467 e. The van der Waals surface area contributed by atoms with E-state index in [0.29, 0.717) is 22.1 Å². The molecule has 2 aromatic heterocycles. The third-order valence-corrected chi connectivity index (χ3v) is 5.04. The average molecular weight is 347 g/mol. The van der Waals surface area contributed by atoms with Crippen LogP contribution in [-0.4, -0.2) is 36.7 Å². The van der Waals surface area contributed by atoms with Crippen molar-refractivity contribution in [3.05, 3.63) is 42.2 Å². The molecule has 126 valence electrons. The summed E-state index contributed by atoms with van der Waals surface area (Å²) in [5, 5.41) is 1.39. The number of hydrogen-bond acceptors (Lipinski definition) is 6. The molecule has 3 rings (SSSR count). The summed E-state index contributed by atoms with van der Waals surface area (Å²) in [4.78, 5) is 16.1. The molecule has 0 bridgehead atoms. The number of carbonyl (C=O) groups excluding carboxylic acids is 1. The topological polar surface area (TPSA) is 104 Å².